The molecule has 0 aromatic rings. The highest BCUT2D eigenvalue weighted by Crippen LogP contribution is 2.22. The van der Waals surface area contributed by atoms with Crippen molar-refractivity contribution in [2.24, 2.45) is 5.92 Å². The molecule has 6 nitrogen and oxygen atoms in total. The second kappa shape index (κ2) is 7.94. The summed E-state index contributed by atoms with van der Waals surface area (Å²) in [5, 5.41) is 0. The molecule has 2 aliphatic rings. The predicted molar refractivity (Wildman–Crippen MR) is 90.1 cm³/mol. The number of ether oxygens (including phenoxy) is 1. The molecule has 0 aliphatic carbocycles. The van der Waals surface area contributed by atoms with E-state index >= 15 is 0 Å². The van der Waals surface area contributed by atoms with Crippen LogP contribution in [0.15, 0.2) is 0 Å². The van der Waals surface area contributed by atoms with Gasteiger partial charge in [-0.3, -0.25) is 9.69 Å². The van der Waals surface area contributed by atoms with Gasteiger partial charge < -0.3 is 9.64 Å². The van der Waals surface area contributed by atoms with Crippen molar-refractivity contribution in [2.45, 2.75) is 45.3 Å². The van der Waals surface area contributed by atoms with Crippen LogP contribution < -0.4 is 0 Å². The number of morpholine rings is 1. The second-order valence-corrected chi connectivity index (χ2v) is 9.34. The Morgan fingerprint density at radius 3 is 2.22 bits per heavy atom. The summed E-state index contributed by atoms with van der Waals surface area (Å²) < 4.78 is 28.2. The van der Waals surface area contributed by atoms with Crippen molar-refractivity contribution in [3.63, 3.8) is 0 Å². The first-order valence-electron chi connectivity index (χ1n) is 8.56. The van der Waals surface area contributed by atoms with Crippen molar-refractivity contribution < 1.29 is 17.9 Å². The largest absolute Gasteiger partial charge is 0.373 e. The average molecular weight is 346 g/mol. The van der Waals surface area contributed by atoms with Gasteiger partial charge in [-0.2, -0.15) is 0 Å². The van der Waals surface area contributed by atoms with Crippen LogP contribution in [-0.2, 0) is 19.4 Å². The van der Waals surface area contributed by atoms with E-state index in [0.717, 1.165) is 45.2 Å². The van der Waals surface area contributed by atoms with E-state index in [1.165, 1.54) is 0 Å². The van der Waals surface area contributed by atoms with Gasteiger partial charge in [0.25, 0.3) is 0 Å². The van der Waals surface area contributed by atoms with E-state index in [2.05, 4.69) is 18.7 Å². The summed E-state index contributed by atoms with van der Waals surface area (Å²) in [5.74, 6) is 0.0221. The molecular formula is C16H30N2O4S. The predicted octanol–water partition coefficient (Wildman–Crippen LogP) is 0.769. The number of hydrogen-bond donors (Lipinski definition) is 0. The Morgan fingerprint density at radius 2 is 1.70 bits per heavy atom. The minimum atomic E-state index is -3.23. The highest BCUT2D eigenvalue weighted by molar-refractivity contribution is 7.91. The first-order valence-corrected chi connectivity index (χ1v) is 10.6. The average Bonchev–Trinajstić information content (AvgIpc) is 2.43. The lowest BCUT2D eigenvalue weighted by Crippen LogP contribution is -2.46. The summed E-state index contributed by atoms with van der Waals surface area (Å²) in [5.41, 5.74) is 0. The molecule has 2 rings (SSSR count). The zero-order valence-electron chi connectivity index (χ0n) is 14.5. The van der Waals surface area contributed by atoms with Crippen molar-refractivity contribution >= 4 is 15.7 Å². The Hall–Kier alpha value is -0.660. The molecule has 0 radical (unpaired) electrons. The maximum absolute atomic E-state index is 11.9. The highest BCUT2D eigenvalue weighted by Gasteiger charge is 2.26. The number of piperidine rings is 1. The minimum Gasteiger partial charge on any atom is -0.373 e. The molecule has 1 amide bonds. The van der Waals surface area contributed by atoms with Crippen LogP contribution in [-0.4, -0.2) is 81.1 Å². The highest BCUT2D eigenvalue weighted by atomic mass is 32.2. The lowest BCUT2D eigenvalue weighted by molar-refractivity contribution is -0.129. The van der Waals surface area contributed by atoms with Crippen LogP contribution in [0.3, 0.4) is 0 Å². The van der Waals surface area contributed by atoms with Gasteiger partial charge in [-0.15, -0.1) is 0 Å². The third kappa shape index (κ3) is 6.39. The molecule has 2 unspecified atom stereocenters. The van der Waals surface area contributed by atoms with E-state index in [9.17, 15) is 13.2 Å². The number of carbonyl (C=O) groups excluding carboxylic acids is 1. The number of likely N-dealkylation sites (tertiary alicyclic amines) is 1. The van der Waals surface area contributed by atoms with Crippen molar-refractivity contribution in [1.82, 2.24) is 9.80 Å². The van der Waals surface area contributed by atoms with Gasteiger partial charge in [0.15, 0.2) is 9.84 Å². The van der Waals surface area contributed by atoms with Crippen LogP contribution in [0, 0.1) is 5.92 Å². The van der Waals surface area contributed by atoms with E-state index < -0.39 is 9.84 Å². The SMILES string of the molecule is CC1CN(CCC2CCN(C(=O)CS(C)(=O)=O)CC2)CC(C)O1. The Morgan fingerprint density at radius 1 is 1.13 bits per heavy atom. The van der Waals surface area contributed by atoms with Crippen LogP contribution >= 0.6 is 0 Å². The first kappa shape index (κ1) is 18.7. The van der Waals surface area contributed by atoms with Crippen LogP contribution in [0.4, 0.5) is 0 Å². The lowest BCUT2D eigenvalue weighted by atomic mass is 9.93. The molecule has 0 bridgehead atoms. The molecule has 2 atom stereocenters. The maximum atomic E-state index is 11.9. The number of sulfone groups is 1. The molecule has 2 saturated heterocycles. The van der Waals surface area contributed by atoms with Crippen LogP contribution in [0.1, 0.15) is 33.1 Å². The van der Waals surface area contributed by atoms with Gasteiger partial charge in [0.05, 0.1) is 12.2 Å². The van der Waals surface area contributed by atoms with E-state index in [-0.39, 0.29) is 11.7 Å². The van der Waals surface area contributed by atoms with Gasteiger partial charge in [-0.05, 0) is 45.6 Å². The van der Waals surface area contributed by atoms with Crippen molar-refractivity contribution in [3.8, 4) is 0 Å². The topological polar surface area (TPSA) is 66.9 Å². The Balaban J connectivity index is 1.69. The third-order valence-corrected chi connectivity index (χ3v) is 5.47. The number of nitrogens with zero attached hydrogens (tertiary/aromatic N) is 2. The van der Waals surface area contributed by atoms with E-state index in [4.69, 9.17) is 4.74 Å². The summed E-state index contributed by atoms with van der Waals surface area (Å²) in [7, 11) is -3.23. The second-order valence-electron chi connectivity index (χ2n) is 7.20. The first-order chi connectivity index (χ1) is 10.7. The number of carbonyl (C=O) groups is 1. The molecule has 2 heterocycles. The molecule has 0 spiro atoms. The Labute approximate surface area is 140 Å². The zero-order chi connectivity index (χ0) is 17.0. The molecule has 0 aromatic carbocycles. The molecule has 23 heavy (non-hydrogen) atoms. The van der Waals surface area contributed by atoms with Gasteiger partial charge in [-0.1, -0.05) is 0 Å². The summed E-state index contributed by atoms with van der Waals surface area (Å²) in [6, 6.07) is 0. The molecule has 0 aromatic heterocycles. The number of rotatable bonds is 5. The smallest absolute Gasteiger partial charge is 0.237 e. The molecule has 2 aliphatic heterocycles. The molecule has 2 fully saturated rings. The van der Waals surface area contributed by atoms with Crippen LogP contribution in [0.25, 0.3) is 0 Å². The summed E-state index contributed by atoms with van der Waals surface area (Å²) in [6.07, 6.45) is 4.81. The quantitative estimate of drug-likeness (QED) is 0.736. The lowest BCUT2D eigenvalue weighted by Gasteiger charge is -2.37. The standard InChI is InChI=1S/C16H30N2O4S/c1-13-10-17(11-14(2)22-13)7-4-15-5-8-18(9-6-15)16(19)12-23(3,20)21/h13-15H,4-12H2,1-3H3. The van der Waals surface area contributed by atoms with Crippen molar-refractivity contribution in [3.05, 3.63) is 0 Å². The fraction of sp³-hybridized carbons (Fsp3) is 0.938. The van der Waals surface area contributed by atoms with Gasteiger partial charge in [-0.25, -0.2) is 8.42 Å². The molecule has 7 heteroatoms. The van der Waals surface area contributed by atoms with Crippen LogP contribution in [0.2, 0.25) is 0 Å². The van der Waals surface area contributed by atoms with Gasteiger partial charge >= 0.3 is 0 Å². The van der Waals surface area contributed by atoms with E-state index in [0.29, 0.717) is 31.2 Å². The molecular weight excluding hydrogens is 316 g/mol. The molecule has 0 saturated carbocycles. The van der Waals surface area contributed by atoms with Gasteiger partial charge in [0.1, 0.15) is 5.75 Å². The zero-order valence-corrected chi connectivity index (χ0v) is 15.3. The number of hydrogen-bond acceptors (Lipinski definition) is 5. The van der Waals surface area contributed by atoms with Gasteiger partial charge in [0.2, 0.25) is 5.91 Å². The third-order valence-electron chi connectivity index (χ3n) is 4.70. The molecule has 0 N–H and O–H groups in total. The van der Waals surface area contributed by atoms with Gasteiger partial charge in [0, 0.05) is 32.4 Å². The summed E-state index contributed by atoms with van der Waals surface area (Å²) in [6.45, 7) is 8.69. The summed E-state index contributed by atoms with van der Waals surface area (Å²) >= 11 is 0. The fourth-order valence-corrected chi connectivity index (χ4v) is 4.25. The summed E-state index contributed by atoms with van der Waals surface area (Å²) in [4.78, 5) is 16.1. The Kier molecular flexibility index (Phi) is 6.45. The molecule has 134 valence electrons. The monoisotopic (exact) mass is 346 g/mol. The van der Waals surface area contributed by atoms with E-state index in [1.54, 1.807) is 4.90 Å². The number of amides is 1. The minimum absolute atomic E-state index is 0.248. The van der Waals surface area contributed by atoms with Crippen LogP contribution in [0.5, 0.6) is 0 Å². The van der Waals surface area contributed by atoms with Crippen molar-refractivity contribution in [1.29, 1.82) is 0 Å². The normalized spacial score (nSPS) is 28.0. The van der Waals surface area contributed by atoms with Crippen molar-refractivity contribution in [2.75, 3.05) is 44.7 Å². The van der Waals surface area contributed by atoms with E-state index in [1.807, 2.05) is 0 Å². The maximum Gasteiger partial charge on any atom is 0.237 e. The fourth-order valence-electron chi connectivity index (χ4n) is 3.62. The Bertz CT molecular complexity index is 490.